The molecule has 0 aromatic heterocycles. The Hall–Kier alpha value is -2.62. The second-order valence-corrected chi connectivity index (χ2v) is 11.3. The molecule has 0 bridgehead atoms. The van der Waals surface area contributed by atoms with Gasteiger partial charge >= 0.3 is 11.9 Å². The number of benzene rings is 2. The van der Waals surface area contributed by atoms with Gasteiger partial charge in [-0.15, -0.1) is 0 Å². The summed E-state index contributed by atoms with van der Waals surface area (Å²) in [6.45, 7) is 6.56. The third-order valence-corrected chi connectivity index (χ3v) is 7.84. The van der Waals surface area contributed by atoms with Crippen molar-refractivity contribution in [2.75, 3.05) is 0 Å². The minimum Gasteiger partial charge on any atom is -0.426 e. The smallest absolute Gasteiger partial charge is 0.311 e. The van der Waals surface area contributed by atoms with Crippen molar-refractivity contribution in [3.05, 3.63) is 47.0 Å². The minimum atomic E-state index is -0.175. The van der Waals surface area contributed by atoms with Gasteiger partial charge in [0.05, 0.1) is 0 Å². The lowest BCUT2D eigenvalue weighted by Crippen LogP contribution is -2.15. The molecule has 0 heterocycles. The molecular weight excluding hydrogens is 484 g/mol. The number of hydrogen-bond acceptors (Lipinski definition) is 4. The highest BCUT2D eigenvalue weighted by molar-refractivity contribution is 5.99. The average Bonchev–Trinajstić information content (AvgIpc) is 2.93. The number of carbonyl (C=O) groups is 2. The topological polar surface area (TPSA) is 52.6 Å². The predicted molar refractivity (Wildman–Crippen MR) is 162 cm³/mol. The second kappa shape index (κ2) is 17.2. The van der Waals surface area contributed by atoms with Crippen LogP contribution >= 0.6 is 0 Å². The molecule has 0 N–H and O–H groups in total. The van der Waals surface area contributed by atoms with E-state index in [4.69, 9.17) is 9.47 Å². The van der Waals surface area contributed by atoms with Gasteiger partial charge in [-0.1, -0.05) is 127 Å². The summed E-state index contributed by atoms with van der Waals surface area (Å²) in [4.78, 5) is 25.8. The van der Waals surface area contributed by atoms with E-state index >= 15 is 0 Å². The van der Waals surface area contributed by atoms with Crippen molar-refractivity contribution in [3.8, 4) is 11.5 Å². The fourth-order valence-corrected chi connectivity index (χ4v) is 5.52. The number of allylic oxidation sites excluding steroid dienone is 2. The number of fused-ring (bicyclic) bond motifs is 2. The van der Waals surface area contributed by atoms with E-state index in [9.17, 15) is 9.59 Å². The molecule has 1 aliphatic rings. The van der Waals surface area contributed by atoms with E-state index in [1.807, 2.05) is 24.3 Å². The number of unbranched alkanes of at least 4 members (excludes halogenated alkanes) is 12. The van der Waals surface area contributed by atoms with E-state index in [-0.39, 0.29) is 11.9 Å². The van der Waals surface area contributed by atoms with Crippen molar-refractivity contribution in [1.82, 2.24) is 0 Å². The first-order valence-corrected chi connectivity index (χ1v) is 15.7. The highest BCUT2D eigenvalue weighted by Crippen LogP contribution is 2.44. The van der Waals surface area contributed by atoms with Crippen LogP contribution in [0.4, 0.5) is 0 Å². The van der Waals surface area contributed by atoms with E-state index in [2.05, 4.69) is 26.8 Å². The van der Waals surface area contributed by atoms with Crippen molar-refractivity contribution in [3.63, 3.8) is 0 Å². The summed E-state index contributed by atoms with van der Waals surface area (Å²) in [6.07, 6.45) is 20.7. The first kappa shape index (κ1) is 30.9. The number of carbonyl (C=O) groups excluding carboxylic acids is 2. The molecule has 0 aliphatic heterocycles. The Morgan fingerprint density at radius 2 is 1.08 bits per heavy atom. The van der Waals surface area contributed by atoms with Crippen molar-refractivity contribution < 1.29 is 19.1 Å². The third-order valence-electron chi connectivity index (χ3n) is 7.84. The quantitative estimate of drug-likeness (QED) is 0.0826. The first-order valence-electron chi connectivity index (χ1n) is 15.7. The zero-order valence-corrected chi connectivity index (χ0v) is 24.7. The molecular formula is C35H50O4. The van der Waals surface area contributed by atoms with Gasteiger partial charge in [-0.2, -0.15) is 0 Å². The molecule has 0 atom stereocenters. The molecule has 0 unspecified atom stereocenters. The molecule has 3 rings (SSSR count). The molecule has 0 radical (unpaired) electrons. The molecule has 1 aliphatic carbocycles. The van der Waals surface area contributed by atoms with Crippen LogP contribution in [-0.2, 0) is 22.4 Å². The molecule has 0 amide bonds. The fraction of sp³-hybridized carbons (Fsp3) is 0.600. The highest BCUT2D eigenvalue weighted by atomic mass is 16.5. The Morgan fingerprint density at radius 3 is 1.56 bits per heavy atom. The van der Waals surface area contributed by atoms with Crippen LogP contribution in [-0.4, -0.2) is 11.9 Å². The van der Waals surface area contributed by atoms with Gasteiger partial charge in [0.15, 0.2) is 0 Å². The first-order chi connectivity index (χ1) is 19.0. The van der Waals surface area contributed by atoms with E-state index < -0.39 is 0 Å². The normalized spacial score (nSPS) is 12.7. The summed E-state index contributed by atoms with van der Waals surface area (Å²) in [7, 11) is 0. The van der Waals surface area contributed by atoms with Crippen molar-refractivity contribution in [2.45, 2.75) is 136 Å². The Balaban J connectivity index is 1.70. The summed E-state index contributed by atoms with van der Waals surface area (Å²) in [6, 6.07) is 7.87. The fourth-order valence-electron chi connectivity index (χ4n) is 5.52. The van der Waals surface area contributed by atoms with Crippen LogP contribution in [0.25, 0.3) is 10.8 Å². The van der Waals surface area contributed by atoms with Gasteiger partial charge in [0.25, 0.3) is 0 Å². The highest BCUT2D eigenvalue weighted by Gasteiger charge is 2.26. The standard InChI is InChI=1S/C35H50O4/c1-4-6-8-10-12-14-16-22-32(36)38-34-28-20-18-19-21-29(28)35(31-26-27(3)24-25-30(31)34)39-33(37)23-17-15-13-11-9-7-5-2/h18-21,24H,4-17,22-23,25-26H2,1-3H3. The van der Waals surface area contributed by atoms with Crippen LogP contribution in [0.3, 0.4) is 0 Å². The van der Waals surface area contributed by atoms with Gasteiger partial charge in [-0.3, -0.25) is 9.59 Å². The molecule has 0 saturated carbocycles. The summed E-state index contributed by atoms with van der Waals surface area (Å²) < 4.78 is 12.2. The van der Waals surface area contributed by atoms with Crippen LogP contribution in [0.15, 0.2) is 35.9 Å². The zero-order valence-electron chi connectivity index (χ0n) is 24.7. The lowest BCUT2D eigenvalue weighted by Gasteiger charge is -2.24. The van der Waals surface area contributed by atoms with E-state index in [0.29, 0.717) is 37.2 Å². The van der Waals surface area contributed by atoms with Gasteiger partial charge in [0, 0.05) is 34.7 Å². The maximum Gasteiger partial charge on any atom is 0.311 e. The Bertz CT molecular complexity index is 1100. The SMILES string of the molecule is CCCCCCCCCC(=O)Oc1c2c(c(OC(=O)CCCCCCCCC)c3ccccc13)CC(C)=CC2. The Kier molecular flexibility index (Phi) is 13.6. The molecule has 0 spiro atoms. The van der Waals surface area contributed by atoms with E-state index in [1.54, 1.807) is 0 Å². The largest absolute Gasteiger partial charge is 0.426 e. The van der Waals surface area contributed by atoms with E-state index in [1.165, 1.54) is 69.8 Å². The average molecular weight is 535 g/mol. The number of ether oxygens (including phenoxy) is 2. The molecule has 4 nitrogen and oxygen atoms in total. The zero-order chi connectivity index (χ0) is 27.9. The lowest BCUT2D eigenvalue weighted by atomic mass is 9.87. The lowest BCUT2D eigenvalue weighted by molar-refractivity contribution is -0.135. The van der Waals surface area contributed by atoms with Crippen molar-refractivity contribution in [1.29, 1.82) is 0 Å². The van der Waals surface area contributed by atoms with Gasteiger partial charge < -0.3 is 9.47 Å². The molecule has 4 heteroatoms. The van der Waals surface area contributed by atoms with Crippen LogP contribution in [0.5, 0.6) is 11.5 Å². The van der Waals surface area contributed by atoms with Crippen molar-refractivity contribution >= 4 is 22.7 Å². The Morgan fingerprint density at radius 1 is 0.641 bits per heavy atom. The minimum absolute atomic E-state index is 0.174. The number of esters is 2. The van der Waals surface area contributed by atoms with Gasteiger partial charge in [-0.25, -0.2) is 0 Å². The predicted octanol–water partition coefficient (Wildman–Crippen LogP) is 9.98. The van der Waals surface area contributed by atoms with Gasteiger partial charge in [0.2, 0.25) is 0 Å². The third kappa shape index (κ3) is 9.81. The molecule has 0 fully saturated rings. The molecule has 214 valence electrons. The maximum absolute atomic E-state index is 12.9. The second-order valence-electron chi connectivity index (χ2n) is 11.3. The van der Waals surface area contributed by atoms with Crippen LogP contribution in [0, 0.1) is 0 Å². The summed E-state index contributed by atoms with van der Waals surface area (Å²) in [5.41, 5.74) is 3.20. The summed E-state index contributed by atoms with van der Waals surface area (Å²) >= 11 is 0. The van der Waals surface area contributed by atoms with Crippen LogP contribution < -0.4 is 9.47 Å². The van der Waals surface area contributed by atoms with Crippen molar-refractivity contribution in [2.24, 2.45) is 0 Å². The van der Waals surface area contributed by atoms with Crippen LogP contribution in [0.1, 0.15) is 135 Å². The van der Waals surface area contributed by atoms with Gasteiger partial charge in [0.1, 0.15) is 11.5 Å². The van der Waals surface area contributed by atoms with Crippen LogP contribution in [0.2, 0.25) is 0 Å². The van der Waals surface area contributed by atoms with E-state index in [0.717, 1.165) is 47.6 Å². The summed E-state index contributed by atoms with van der Waals surface area (Å²) in [5, 5.41) is 1.69. The monoisotopic (exact) mass is 534 g/mol. The molecule has 0 saturated heterocycles. The molecule has 2 aromatic carbocycles. The van der Waals surface area contributed by atoms with Gasteiger partial charge in [-0.05, 0) is 32.6 Å². The summed E-state index contributed by atoms with van der Waals surface area (Å²) in [5.74, 6) is 0.940. The molecule has 39 heavy (non-hydrogen) atoms. The maximum atomic E-state index is 12.9. The molecule has 2 aromatic rings. The number of hydrogen-bond donors (Lipinski definition) is 0. The Labute approximate surface area is 236 Å². The number of rotatable bonds is 18.